The van der Waals surface area contributed by atoms with E-state index in [9.17, 15) is 13.2 Å². The predicted octanol–water partition coefficient (Wildman–Crippen LogP) is 2.38. The number of halogens is 1. The van der Waals surface area contributed by atoms with Crippen molar-refractivity contribution < 1.29 is 13.2 Å². The number of carbonyl (C=O) groups is 1. The quantitative estimate of drug-likeness (QED) is 0.804. The fourth-order valence-corrected chi connectivity index (χ4v) is 3.55. The maximum Gasteiger partial charge on any atom is 0.270 e. The summed E-state index contributed by atoms with van der Waals surface area (Å²) in [7, 11) is 1.61. The first-order valence-corrected chi connectivity index (χ1v) is 9.23. The Bertz CT molecular complexity index is 628. The molecular formula is C13H17ClN2O3S. The van der Waals surface area contributed by atoms with Gasteiger partial charge in [-0.25, -0.2) is 8.42 Å². The van der Waals surface area contributed by atoms with Crippen LogP contribution in [0.5, 0.6) is 0 Å². The Labute approximate surface area is 122 Å². The monoisotopic (exact) mass is 316 g/mol. The van der Waals surface area contributed by atoms with Gasteiger partial charge < -0.3 is 9.47 Å². The molecule has 1 aliphatic heterocycles. The first-order chi connectivity index (χ1) is 9.47. The summed E-state index contributed by atoms with van der Waals surface area (Å²) in [5.41, 5.74) is 0.454. The number of rotatable bonds is 3. The average molecular weight is 317 g/mol. The molecule has 0 unspecified atom stereocenters. The van der Waals surface area contributed by atoms with E-state index in [1.807, 2.05) is 0 Å². The van der Waals surface area contributed by atoms with Crippen LogP contribution in [-0.2, 0) is 9.05 Å². The largest absolute Gasteiger partial charge is 0.339 e. The van der Waals surface area contributed by atoms with E-state index in [4.69, 9.17) is 10.7 Å². The van der Waals surface area contributed by atoms with Crippen LogP contribution in [0.3, 0.4) is 0 Å². The van der Waals surface area contributed by atoms with E-state index < -0.39 is 9.05 Å². The third-order valence-corrected chi connectivity index (χ3v) is 5.51. The summed E-state index contributed by atoms with van der Waals surface area (Å²) < 4.78 is 24.8. The van der Waals surface area contributed by atoms with Crippen LogP contribution in [0.4, 0.5) is 0 Å². The van der Waals surface area contributed by atoms with Crippen molar-refractivity contribution in [2.45, 2.75) is 43.0 Å². The highest BCUT2D eigenvalue weighted by Gasteiger charge is 2.30. The van der Waals surface area contributed by atoms with Gasteiger partial charge >= 0.3 is 0 Å². The van der Waals surface area contributed by atoms with Gasteiger partial charge in [0.1, 0.15) is 10.6 Å². The van der Waals surface area contributed by atoms with E-state index >= 15 is 0 Å². The molecule has 0 atom stereocenters. The summed E-state index contributed by atoms with van der Waals surface area (Å²) in [6.07, 6.45) is 6.61. The molecule has 2 heterocycles. The van der Waals surface area contributed by atoms with Gasteiger partial charge in [0.25, 0.3) is 15.0 Å². The van der Waals surface area contributed by atoms with Gasteiger partial charge in [0, 0.05) is 36.0 Å². The third-order valence-electron chi connectivity index (χ3n) is 4.19. The molecule has 0 bridgehead atoms. The van der Waals surface area contributed by atoms with Crippen molar-refractivity contribution in [3.05, 3.63) is 18.0 Å². The number of aromatic nitrogens is 1. The second kappa shape index (κ2) is 5.07. The van der Waals surface area contributed by atoms with Gasteiger partial charge in [-0.3, -0.25) is 4.79 Å². The van der Waals surface area contributed by atoms with E-state index in [1.54, 1.807) is 9.47 Å². The molecule has 0 aromatic carbocycles. The molecule has 1 saturated carbocycles. The lowest BCUT2D eigenvalue weighted by Crippen LogP contribution is -2.31. The van der Waals surface area contributed by atoms with Gasteiger partial charge in [-0.05, 0) is 38.2 Å². The summed E-state index contributed by atoms with van der Waals surface area (Å²) in [4.78, 5) is 14.3. The Hall–Kier alpha value is -1.01. The summed E-state index contributed by atoms with van der Waals surface area (Å²) in [6, 6.07) is 1.64. The van der Waals surface area contributed by atoms with Crippen molar-refractivity contribution in [3.63, 3.8) is 0 Å². The van der Waals surface area contributed by atoms with Crippen LogP contribution in [0, 0.1) is 0 Å². The number of carbonyl (C=O) groups excluding carboxylic acids is 1. The highest BCUT2D eigenvalue weighted by atomic mass is 35.7. The number of nitrogens with zero attached hydrogens (tertiary/aromatic N) is 2. The summed E-state index contributed by atoms with van der Waals surface area (Å²) >= 11 is 0. The molecule has 1 aliphatic carbocycles. The molecule has 110 valence electrons. The maximum absolute atomic E-state index is 12.5. The van der Waals surface area contributed by atoms with Crippen molar-refractivity contribution >= 4 is 25.6 Å². The van der Waals surface area contributed by atoms with Crippen LogP contribution in [-0.4, -0.2) is 36.9 Å². The summed E-state index contributed by atoms with van der Waals surface area (Å²) in [5, 5.41) is 0. The Morgan fingerprint density at radius 1 is 1.20 bits per heavy atom. The maximum atomic E-state index is 12.5. The minimum Gasteiger partial charge on any atom is -0.339 e. The van der Waals surface area contributed by atoms with Gasteiger partial charge in [-0.1, -0.05) is 0 Å². The normalized spacial score (nSPS) is 20.1. The topological polar surface area (TPSA) is 59.4 Å². The van der Waals surface area contributed by atoms with Crippen LogP contribution in [0.15, 0.2) is 17.2 Å². The lowest BCUT2D eigenvalue weighted by molar-refractivity contribution is 0.0776. The van der Waals surface area contributed by atoms with Gasteiger partial charge in [0.15, 0.2) is 0 Å². The van der Waals surface area contributed by atoms with Crippen LogP contribution in [0.2, 0.25) is 0 Å². The van der Waals surface area contributed by atoms with Crippen LogP contribution in [0.25, 0.3) is 0 Å². The average Bonchev–Trinajstić information content (AvgIpc) is 2.93. The van der Waals surface area contributed by atoms with Crippen molar-refractivity contribution in [1.29, 1.82) is 0 Å². The Balaban J connectivity index is 1.98. The molecule has 20 heavy (non-hydrogen) atoms. The summed E-state index contributed by atoms with van der Waals surface area (Å²) in [6.45, 7) is 1.50. The summed E-state index contributed by atoms with van der Waals surface area (Å²) in [5.74, 6) is -0.0824. The molecule has 1 aromatic heterocycles. The molecule has 0 spiro atoms. The predicted molar refractivity (Wildman–Crippen MR) is 75.5 cm³/mol. The van der Waals surface area contributed by atoms with Crippen molar-refractivity contribution in [3.8, 4) is 0 Å². The molecule has 0 radical (unpaired) electrons. The molecule has 5 nitrogen and oxygen atoms in total. The molecule has 0 N–H and O–H groups in total. The van der Waals surface area contributed by atoms with E-state index in [0.717, 1.165) is 45.2 Å². The van der Waals surface area contributed by atoms with E-state index in [-0.39, 0.29) is 16.8 Å². The fraction of sp³-hybridized carbons (Fsp3) is 0.615. The zero-order chi connectivity index (χ0) is 14.3. The van der Waals surface area contributed by atoms with Crippen molar-refractivity contribution in [2.75, 3.05) is 13.1 Å². The van der Waals surface area contributed by atoms with Gasteiger partial charge in [-0.15, -0.1) is 0 Å². The molecule has 7 heteroatoms. The Morgan fingerprint density at radius 3 is 2.35 bits per heavy atom. The standard InChI is InChI=1S/C13H17ClN2O3S/c14-20(18,19)11-8-12(13(17)15-6-1-2-7-15)16(9-11)10-4-3-5-10/h8-10H,1-7H2. The second-order valence-corrected chi connectivity index (χ2v) is 8.06. The number of likely N-dealkylation sites (tertiary alicyclic amines) is 1. The number of hydrogen-bond donors (Lipinski definition) is 0. The first kappa shape index (κ1) is 13.9. The lowest BCUT2D eigenvalue weighted by Gasteiger charge is -2.29. The molecule has 1 saturated heterocycles. The zero-order valence-corrected chi connectivity index (χ0v) is 12.7. The Morgan fingerprint density at radius 2 is 1.85 bits per heavy atom. The zero-order valence-electron chi connectivity index (χ0n) is 11.1. The van der Waals surface area contributed by atoms with Crippen LogP contribution >= 0.6 is 10.7 Å². The highest BCUT2D eigenvalue weighted by Crippen LogP contribution is 2.35. The van der Waals surface area contributed by atoms with Crippen molar-refractivity contribution in [2.24, 2.45) is 0 Å². The molecule has 1 aromatic rings. The van der Waals surface area contributed by atoms with E-state index in [1.165, 1.54) is 12.3 Å². The number of hydrogen-bond acceptors (Lipinski definition) is 3. The molecule has 1 amide bonds. The van der Waals surface area contributed by atoms with Crippen LogP contribution < -0.4 is 0 Å². The van der Waals surface area contributed by atoms with Crippen LogP contribution in [0.1, 0.15) is 48.6 Å². The SMILES string of the molecule is O=C(c1cc(S(=O)(=O)Cl)cn1C1CCC1)N1CCCC1. The molecule has 3 rings (SSSR count). The second-order valence-electron chi connectivity index (χ2n) is 5.49. The first-order valence-electron chi connectivity index (χ1n) is 6.92. The van der Waals surface area contributed by atoms with Gasteiger partial charge in [0.05, 0.1) is 0 Å². The van der Waals surface area contributed by atoms with E-state index in [0.29, 0.717) is 5.69 Å². The van der Waals surface area contributed by atoms with E-state index in [2.05, 4.69) is 0 Å². The molecule has 2 fully saturated rings. The Kier molecular flexibility index (Phi) is 3.54. The molecule has 2 aliphatic rings. The number of amides is 1. The van der Waals surface area contributed by atoms with Gasteiger partial charge in [0.2, 0.25) is 0 Å². The lowest BCUT2D eigenvalue weighted by atomic mass is 9.93. The van der Waals surface area contributed by atoms with Crippen molar-refractivity contribution in [1.82, 2.24) is 9.47 Å². The fourth-order valence-electron chi connectivity index (χ4n) is 2.81. The minimum atomic E-state index is -3.80. The molecular weight excluding hydrogens is 300 g/mol. The third kappa shape index (κ3) is 2.46. The highest BCUT2D eigenvalue weighted by molar-refractivity contribution is 8.13. The smallest absolute Gasteiger partial charge is 0.270 e. The van der Waals surface area contributed by atoms with Gasteiger partial charge in [-0.2, -0.15) is 0 Å². The minimum absolute atomic E-state index is 0.0219.